The van der Waals surface area contributed by atoms with Gasteiger partial charge in [-0.15, -0.1) is 0 Å². The van der Waals surface area contributed by atoms with Crippen LogP contribution in [0.1, 0.15) is 39.5 Å². The van der Waals surface area contributed by atoms with Gasteiger partial charge in [-0.2, -0.15) is 4.39 Å². The second kappa shape index (κ2) is 8.71. The van der Waals surface area contributed by atoms with Crippen molar-refractivity contribution >= 4 is 29.2 Å². The molecule has 1 saturated heterocycles. The highest BCUT2D eigenvalue weighted by atomic mass is 35.5. The van der Waals surface area contributed by atoms with Gasteiger partial charge < -0.3 is 10.6 Å². The van der Waals surface area contributed by atoms with Crippen LogP contribution < -0.4 is 10.6 Å². The SMILES string of the molecule is CC[C@@H](N)C1(CC)CCN(c2cnc(Sc3ccnc(F)c3Cl)cn2)CC1. The van der Waals surface area contributed by atoms with Crippen molar-refractivity contribution in [1.82, 2.24) is 15.0 Å². The van der Waals surface area contributed by atoms with Gasteiger partial charge in [0.15, 0.2) is 0 Å². The number of nitrogens with zero attached hydrogens (tertiary/aromatic N) is 4. The lowest BCUT2D eigenvalue weighted by atomic mass is 9.70. The van der Waals surface area contributed by atoms with Gasteiger partial charge in [0, 0.05) is 30.2 Å². The van der Waals surface area contributed by atoms with Gasteiger partial charge >= 0.3 is 0 Å². The summed E-state index contributed by atoms with van der Waals surface area (Å²) in [5.41, 5.74) is 6.63. The minimum atomic E-state index is -0.677. The highest BCUT2D eigenvalue weighted by Gasteiger charge is 2.37. The molecule has 3 rings (SSSR count). The monoisotopic (exact) mass is 409 g/mol. The molecule has 2 aromatic heterocycles. The van der Waals surface area contributed by atoms with Gasteiger partial charge in [-0.1, -0.05) is 37.2 Å². The average molecular weight is 410 g/mol. The molecule has 5 nitrogen and oxygen atoms in total. The molecule has 0 amide bonds. The van der Waals surface area contributed by atoms with Gasteiger partial charge in [0.1, 0.15) is 15.9 Å². The fraction of sp³-hybridized carbons (Fsp3) is 0.526. The first kappa shape index (κ1) is 20.3. The van der Waals surface area contributed by atoms with Crippen molar-refractivity contribution in [3.05, 3.63) is 35.6 Å². The lowest BCUT2D eigenvalue weighted by Crippen LogP contribution is -2.49. The van der Waals surface area contributed by atoms with Crippen molar-refractivity contribution < 1.29 is 4.39 Å². The van der Waals surface area contributed by atoms with Crippen molar-refractivity contribution in [3.63, 3.8) is 0 Å². The third-order valence-electron chi connectivity index (χ3n) is 5.65. The number of anilines is 1. The van der Waals surface area contributed by atoms with Crippen LogP contribution in [0, 0.1) is 11.4 Å². The second-order valence-electron chi connectivity index (χ2n) is 6.95. The maximum atomic E-state index is 13.5. The van der Waals surface area contributed by atoms with Crippen LogP contribution in [0.2, 0.25) is 5.02 Å². The van der Waals surface area contributed by atoms with E-state index in [1.165, 1.54) is 18.0 Å². The smallest absolute Gasteiger partial charge is 0.232 e. The van der Waals surface area contributed by atoms with E-state index in [0.29, 0.717) is 9.92 Å². The van der Waals surface area contributed by atoms with E-state index in [1.54, 1.807) is 18.5 Å². The Balaban J connectivity index is 1.65. The predicted octanol–water partition coefficient (Wildman–Crippen LogP) is 4.55. The lowest BCUT2D eigenvalue weighted by molar-refractivity contribution is 0.156. The van der Waals surface area contributed by atoms with Gasteiger partial charge in [0.2, 0.25) is 5.95 Å². The number of rotatable bonds is 6. The molecule has 1 aliphatic heterocycles. The maximum absolute atomic E-state index is 13.5. The van der Waals surface area contributed by atoms with Gasteiger partial charge in [0.05, 0.1) is 12.4 Å². The average Bonchev–Trinajstić information content (AvgIpc) is 2.71. The Morgan fingerprint density at radius 2 is 2.00 bits per heavy atom. The minimum absolute atomic E-state index is 0.00701. The van der Waals surface area contributed by atoms with Crippen molar-refractivity contribution in [2.24, 2.45) is 11.1 Å². The van der Waals surface area contributed by atoms with E-state index in [9.17, 15) is 4.39 Å². The number of piperidine rings is 1. The van der Waals surface area contributed by atoms with Crippen LogP contribution in [0.5, 0.6) is 0 Å². The second-order valence-corrected chi connectivity index (χ2v) is 8.39. The molecule has 8 heteroatoms. The fourth-order valence-corrected chi connectivity index (χ4v) is 4.69. The molecule has 3 heterocycles. The number of halogens is 2. The van der Waals surface area contributed by atoms with Crippen LogP contribution in [0.4, 0.5) is 10.2 Å². The van der Waals surface area contributed by atoms with Crippen LogP contribution in [0.15, 0.2) is 34.6 Å². The summed E-state index contributed by atoms with van der Waals surface area (Å²) >= 11 is 7.22. The van der Waals surface area contributed by atoms with E-state index in [2.05, 4.69) is 33.7 Å². The standard InChI is InChI=1S/C19H25ClFN5S/c1-3-14(22)19(4-2)6-9-26(10-7-19)15-11-25-16(12-24-15)27-13-5-8-23-18(21)17(13)20/h5,8,11-12,14H,3-4,6-7,9-10,22H2,1-2H3/t14-/m1/s1. The van der Waals surface area contributed by atoms with E-state index in [1.807, 2.05) is 0 Å². The first-order valence-corrected chi connectivity index (χ1v) is 10.5. The van der Waals surface area contributed by atoms with E-state index in [-0.39, 0.29) is 16.5 Å². The molecule has 0 unspecified atom stereocenters. The Morgan fingerprint density at radius 1 is 1.26 bits per heavy atom. The summed E-state index contributed by atoms with van der Waals surface area (Å²) in [6.45, 7) is 6.27. The van der Waals surface area contributed by atoms with Gasteiger partial charge in [-0.3, -0.25) is 0 Å². The molecular weight excluding hydrogens is 385 g/mol. The molecule has 2 aromatic rings. The lowest BCUT2D eigenvalue weighted by Gasteiger charge is -2.45. The first-order chi connectivity index (χ1) is 13.0. The zero-order valence-electron chi connectivity index (χ0n) is 15.7. The van der Waals surface area contributed by atoms with Crippen LogP contribution in [0.3, 0.4) is 0 Å². The summed E-state index contributed by atoms with van der Waals surface area (Å²) in [4.78, 5) is 15.4. The zero-order chi connectivity index (χ0) is 19.4. The summed E-state index contributed by atoms with van der Waals surface area (Å²) < 4.78 is 13.5. The Bertz CT molecular complexity index is 765. The predicted molar refractivity (Wildman–Crippen MR) is 108 cm³/mol. The van der Waals surface area contributed by atoms with Gasteiger partial charge in [-0.05, 0) is 37.2 Å². The molecule has 1 fully saturated rings. The molecule has 2 N–H and O–H groups in total. The maximum Gasteiger partial charge on any atom is 0.232 e. The topological polar surface area (TPSA) is 67.9 Å². The Labute approximate surface area is 168 Å². The van der Waals surface area contributed by atoms with E-state index in [0.717, 1.165) is 44.6 Å². The molecule has 146 valence electrons. The van der Waals surface area contributed by atoms with Crippen LogP contribution in [-0.4, -0.2) is 34.1 Å². The molecule has 27 heavy (non-hydrogen) atoms. The number of nitrogens with two attached hydrogens (primary N) is 1. The molecule has 0 aromatic carbocycles. The van der Waals surface area contributed by atoms with E-state index in [4.69, 9.17) is 17.3 Å². The zero-order valence-corrected chi connectivity index (χ0v) is 17.2. The minimum Gasteiger partial charge on any atom is -0.355 e. The number of pyridine rings is 1. The molecule has 0 radical (unpaired) electrons. The molecule has 0 spiro atoms. The summed E-state index contributed by atoms with van der Waals surface area (Å²) in [5.74, 6) is 0.186. The molecule has 0 saturated carbocycles. The third-order valence-corrected chi connectivity index (χ3v) is 7.11. The Morgan fingerprint density at radius 3 is 2.59 bits per heavy atom. The van der Waals surface area contributed by atoms with E-state index < -0.39 is 5.95 Å². The van der Waals surface area contributed by atoms with Crippen molar-refractivity contribution in [2.45, 2.75) is 55.5 Å². The quantitative estimate of drug-likeness (QED) is 0.706. The number of hydrogen-bond donors (Lipinski definition) is 1. The third kappa shape index (κ3) is 4.36. The molecule has 1 aliphatic rings. The van der Waals surface area contributed by atoms with Crippen LogP contribution >= 0.6 is 23.4 Å². The highest BCUT2D eigenvalue weighted by molar-refractivity contribution is 7.99. The Hall–Kier alpha value is -1.44. The number of aromatic nitrogens is 3. The Kier molecular flexibility index (Phi) is 6.55. The highest BCUT2D eigenvalue weighted by Crippen LogP contribution is 2.39. The van der Waals surface area contributed by atoms with E-state index >= 15 is 0 Å². The van der Waals surface area contributed by atoms with Gasteiger partial charge in [-0.25, -0.2) is 15.0 Å². The fourth-order valence-electron chi connectivity index (χ4n) is 3.72. The normalized spacial score (nSPS) is 17.7. The largest absolute Gasteiger partial charge is 0.355 e. The van der Waals surface area contributed by atoms with Crippen molar-refractivity contribution in [2.75, 3.05) is 18.0 Å². The van der Waals surface area contributed by atoms with Crippen molar-refractivity contribution in [1.29, 1.82) is 0 Å². The van der Waals surface area contributed by atoms with Crippen molar-refractivity contribution in [3.8, 4) is 0 Å². The number of hydrogen-bond acceptors (Lipinski definition) is 6. The molecular formula is C19H25ClFN5S. The molecule has 0 aliphatic carbocycles. The van der Waals surface area contributed by atoms with Gasteiger partial charge in [0.25, 0.3) is 0 Å². The molecule has 0 bridgehead atoms. The molecule has 1 atom stereocenters. The van der Waals surface area contributed by atoms with Crippen LogP contribution in [0.25, 0.3) is 0 Å². The summed E-state index contributed by atoms with van der Waals surface area (Å²) in [6.07, 6.45) is 9.13. The summed E-state index contributed by atoms with van der Waals surface area (Å²) in [5, 5.41) is 0.673. The summed E-state index contributed by atoms with van der Waals surface area (Å²) in [6, 6.07) is 1.91. The summed E-state index contributed by atoms with van der Waals surface area (Å²) in [7, 11) is 0. The van der Waals surface area contributed by atoms with Crippen LogP contribution in [-0.2, 0) is 0 Å². The first-order valence-electron chi connectivity index (χ1n) is 9.29.